The van der Waals surface area contributed by atoms with Crippen molar-refractivity contribution in [3.63, 3.8) is 0 Å². The third kappa shape index (κ3) is 3.12. The highest BCUT2D eigenvalue weighted by atomic mass is 19.1. The minimum Gasteiger partial charge on any atom is -0.381 e. The van der Waals surface area contributed by atoms with Gasteiger partial charge in [-0.3, -0.25) is 0 Å². The number of rotatable bonds is 4. The van der Waals surface area contributed by atoms with Crippen LogP contribution in [-0.4, -0.2) is 19.3 Å². The standard InChI is InChI=1S/C15H19F2NO/c16-11-3-4-14(17)13(9-11)15(10-1-2-10)18-12-5-7-19-8-6-12/h3-4,9-10,12,15,18H,1-2,5-8H2/t15-/m1/s1. The fourth-order valence-electron chi connectivity index (χ4n) is 2.78. The summed E-state index contributed by atoms with van der Waals surface area (Å²) in [5.74, 6) is -0.229. The maximum absolute atomic E-state index is 13.9. The molecule has 1 N–H and O–H groups in total. The summed E-state index contributed by atoms with van der Waals surface area (Å²) in [5, 5.41) is 3.52. The lowest BCUT2D eigenvalue weighted by Gasteiger charge is -2.29. The largest absolute Gasteiger partial charge is 0.381 e. The number of nitrogens with one attached hydrogen (secondary N) is 1. The van der Waals surface area contributed by atoms with Gasteiger partial charge < -0.3 is 10.1 Å². The first-order chi connectivity index (χ1) is 9.24. The summed E-state index contributed by atoms with van der Waals surface area (Å²) < 4.78 is 32.6. The van der Waals surface area contributed by atoms with E-state index >= 15 is 0 Å². The Morgan fingerprint density at radius 3 is 2.53 bits per heavy atom. The predicted molar refractivity (Wildman–Crippen MR) is 68.8 cm³/mol. The van der Waals surface area contributed by atoms with E-state index in [-0.39, 0.29) is 17.7 Å². The Hall–Kier alpha value is -1.00. The van der Waals surface area contributed by atoms with Crippen LogP contribution in [0.4, 0.5) is 8.78 Å². The predicted octanol–water partition coefficient (Wildman–Crippen LogP) is 3.18. The minimum absolute atomic E-state index is 0.0567. The molecule has 0 amide bonds. The SMILES string of the molecule is Fc1ccc(F)c([C@H](NC2CCOCC2)C2CC2)c1. The first kappa shape index (κ1) is 13.0. The highest BCUT2D eigenvalue weighted by Crippen LogP contribution is 2.42. The van der Waals surface area contributed by atoms with E-state index < -0.39 is 0 Å². The molecule has 0 aromatic heterocycles. The molecule has 3 rings (SSSR count). The molecule has 1 atom stereocenters. The van der Waals surface area contributed by atoms with Crippen LogP contribution in [-0.2, 0) is 4.74 Å². The molecule has 1 aromatic rings. The Morgan fingerprint density at radius 2 is 1.84 bits per heavy atom. The molecular weight excluding hydrogens is 248 g/mol. The van der Waals surface area contributed by atoms with E-state index in [1.54, 1.807) is 0 Å². The van der Waals surface area contributed by atoms with Crippen LogP contribution in [0, 0.1) is 17.6 Å². The van der Waals surface area contributed by atoms with Gasteiger partial charge in [0.1, 0.15) is 11.6 Å². The topological polar surface area (TPSA) is 21.3 Å². The van der Waals surface area contributed by atoms with Crippen LogP contribution >= 0.6 is 0 Å². The molecule has 2 aliphatic rings. The van der Waals surface area contributed by atoms with Crippen LogP contribution in [0.3, 0.4) is 0 Å². The second-order valence-corrected chi connectivity index (χ2v) is 5.53. The van der Waals surface area contributed by atoms with Crippen LogP contribution in [0.2, 0.25) is 0 Å². The third-order valence-corrected chi connectivity index (χ3v) is 4.02. The average molecular weight is 267 g/mol. The van der Waals surface area contributed by atoms with Crippen molar-refractivity contribution >= 4 is 0 Å². The summed E-state index contributed by atoms with van der Waals surface area (Å²) in [4.78, 5) is 0. The summed E-state index contributed by atoms with van der Waals surface area (Å²) in [5.41, 5.74) is 0.481. The molecular formula is C15H19F2NO. The van der Waals surface area contributed by atoms with E-state index in [0.29, 0.717) is 17.5 Å². The Labute approximate surface area is 112 Å². The normalized spacial score (nSPS) is 22.4. The highest BCUT2D eigenvalue weighted by molar-refractivity contribution is 5.24. The van der Waals surface area contributed by atoms with Gasteiger partial charge >= 0.3 is 0 Å². The second kappa shape index (κ2) is 5.55. The van der Waals surface area contributed by atoms with Gasteiger partial charge in [0.2, 0.25) is 0 Å². The van der Waals surface area contributed by atoms with Crippen molar-refractivity contribution in [2.75, 3.05) is 13.2 Å². The van der Waals surface area contributed by atoms with E-state index in [1.165, 1.54) is 18.2 Å². The quantitative estimate of drug-likeness (QED) is 0.904. The van der Waals surface area contributed by atoms with E-state index in [1.807, 2.05) is 0 Å². The number of halogens is 2. The van der Waals surface area contributed by atoms with Crippen molar-refractivity contribution in [1.82, 2.24) is 5.32 Å². The van der Waals surface area contributed by atoms with Gasteiger partial charge in [-0.2, -0.15) is 0 Å². The number of hydrogen-bond donors (Lipinski definition) is 1. The molecule has 0 unspecified atom stereocenters. The van der Waals surface area contributed by atoms with Crippen LogP contribution in [0.25, 0.3) is 0 Å². The summed E-state index contributed by atoms with van der Waals surface area (Å²) in [6.45, 7) is 1.50. The third-order valence-electron chi connectivity index (χ3n) is 4.02. The average Bonchev–Trinajstić information content (AvgIpc) is 3.25. The molecule has 104 valence electrons. The van der Waals surface area contributed by atoms with Gasteiger partial charge in [-0.05, 0) is 49.8 Å². The molecule has 1 heterocycles. The van der Waals surface area contributed by atoms with Crippen molar-refractivity contribution < 1.29 is 13.5 Å². The van der Waals surface area contributed by atoms with Crippen molar-refractivity contribution in [3.8, 4) is 0 Å². The summed E-state index contributed by atoms with van der Waals surface area (Å²) in [6.07, 6.45) is 4.08. The molecule has 1 aromatic carbocycles. The van der Waals surface area contributed by atoms with Gasteiger partial charge in [0, 0.05) is 30.9 Å². The molecule has 1 aliphatic heterocycles. The maximum atomic E-state index is 13.9. The molecule has 1 aliphatic carbocycles. The Balaban J connectivity index is 1.78. The van der Waals surface area contributed by atoms with Crippen molar-refractivity contribution in [3.05, 3.63) is 35.4 Å². The zero-order valence-corrected chi connectivity index (χ0v) is 10.9. The molecule has 2 fully saturated rings. The fraction of sp³-hybridized carbons (Fsp3) is 0.600. The Morgan fingerprint density at radius 1 is 1.11 bits per heavy atom. The van der Waals surface area contributed by atoms with Gasteiger partial charge in [-0.15, -0.1) is 0 Å². The zero-order chi connectivity index (χ0) is 13.2. The molecule has 0 bridgehead atoms. The molecule has 19 heavy (non-hydrogen) atoms. The summed E-state index contributed by atoms with van der Waals surface area (Å²) >= 11 is 0. The van der Waals surface area contributed by atoms with E-state index in [2.05, 4.69) is 5.32 Å². The monoisotopic (exact) mass is 267 g/mol. The number of ether oxygens (including phenoxy) is 1. The molecule has 1 saturated heterocycles. The lowest BCUT2D eigenvalue weighted by atomic mass is 9.98. The van der Waals surface area contributed by atoms with Gasteiger partial charge in [-0.25, -0.2) is 8.78 Å². The van der Waals surface area contributed by atoms with Gasteiger partial charge in [0.25, 0.3) is 0 Å². The van der Waals surface area contributed by atoms with Crippen LogP contribution < -0.4 is 5.32 Å². The fourth-order valence-corrected chi connectivity index (χ4v) is 2.78. The van der Waals surface area contributed by atoms with E-state index in [9.17, 15) is 8.78 Å². The van der Waals surface area contributed by atoms with Crippen LogP contribution in [0.1, 0.15) is 37.3 Å². The second-order valence-electron chi connectivity index (χ2n) is 5.53. The zero-order valence-electron chi connectivity index (χ0n) is 10.9. The van der Waals surface area contributed by atoms with Crippen molar-refractivity contribution in [2.45, 2.75) is 37.8 Å². The number of hydrogen-bond acceptors (Lipinski definition) is 2. The maximum Gasteiger partial charge on any atom is 0.128 e. The first-order valence-electron chi connectivity index (χ1n) is 7.03. The van der Waals surface area contributed by atoms with Gasteiger partial charge in [0.15, 0.2) is 0 Å². The highest BCUT2D eigenvalue weighted by Gasteiger charge is 2.35. The summed E-state index contributed by atoms with van der Waals surface area (Å²) in [6, 6.07) is 4.04. The van der Waals surface area contributed by atoms with Crippen molar-refractivity contribution in [1.29, 1.82) is 0 Å². The lowest BCUT2D eigenvalue weighted by molar-refractivity contribution is 0.0738. The van der Waals surface area contributed by atoms with Gasteiger partial charge in [-0.1, -0.05) is 0 Å². The first-order valence-corrected chi connectivity index (χ1v) is 7.03. The number of benzene rings is 1. The molecule has 1 saturated carbocycles. The minimum atomic E-state index is -0.365. The molecule has 4 heteroatoms. The van der Waals surface area contributed by atoms with Crippen molar-refractivity contribution in [2.24, 2.45) is 5.92 Å². The van der Waals surface area contributed by atoms with Gasteiger partial charge in [0.05, 0.1) is 0 Å². The Kier molecular flexibility index (Phi) is 3.80. The van der Waals surface area contributed by atoms with Crippen LogP contribution in [0.5, 0.6) is 0 Å². The summed E-state index contributed by atoms with van der Waals surface area (Å²) in [7, 11) is 0. The van der Waals surface area contributed by atoms with E-state index in [4.69, 9.17) is 4.74 Å². The van der Waals surface area contributed by atoms with E-state index in [0.717, 1.165) is 38.9 Å². The smallest absolute Gasteiger partial charge is 0.128 e. The molecule has 0 radical (unpaired) electrons. The van der Waals surface area contributed by atoms with Crippen LogP contribution in [0.15, 0.2) is 18.2 Å². The lowest BCUT2D eigenvalue weighted by Crippen LogP contribution is -2.38. The Bertz CT molecular complexity index is 442. The molecule has 2 nitrogen and oxygen atoms in total. The molecule has 0 spiro atoms.